The van der Waals surface area contributed by atoms with Crippen LogP contribution in [0.15, 0.2) is 72.8 Å². The molecule has 0 saturated heterocycles. The summed E-state index contributed by atoms with van der Waals surface area (Å²) in [6.45, 7) is 3.82. The molecule has 4 aromatic rings. The fraction of sp³-hybridized carbons (Fsp3) is 0.194. The first-order valence-corrected chi connectivity index (χ1v) is 11.9. The number of Topliss-reactive ketones (excluding diaryl/α,β-unsaturated/α-hetero) is 1. The zero-order chi connectivity index (χ0) is 25.8. The van der Waals surface area contributed by atoms with E-state index in [4.69, 9.17) is 0 Å². The van der Waals surface area contributed by atoms with Crippen LogP contribution in [-0.2, 0) is 17.6 Å². The van der Waals surface area contributed by atoms with E-state index in [2.05, 4.69) is 0 Å². The predicted molar refractivity (Wildman–Crippen MR) is 138 cm³/mol. The first-order valence-electron chi connectivity index (χ1n) is 11.9. The molecule has 0 atom stereocenters. The quantitative estimate of drug-likeness (QED) is 0.272. The van der Waals surface area contributed by atoms with Crippen molar-refractivity contribution in [3.05, 3.63) is 107 Å². The summed E-state index contributed by atoms with van der Waals surface area (Å²) in [6, 6.07) is 19.1. The monoisotopic (exact) mass is 486 g/mol. The molecule has 0 fully saturated rings. The van der Waals surface area contributed by atoms with Crippen LogP contribution in [0, 0.1) is 25.5 Å². The molecule has 4 rings (SSSR count). The van der Waals surface area contributed by atoms with Gasteiger partial charge in [-0.3, -0.25) is 4.79 Å². The number of carbonyl (C=O) groups is 1. The van der Waals surface area contributed by atoms with Crippen molar-refractivity contribution in [2.75, 3.05) is 0 Å². The number of halogens is 2. The lowest BCUT2D eigenvalue weighted by atomic mass is 9.93. The summed E-state index contributed by atoms with van der Waals surface area (Å²) in [5.74, 6) is -0.551. The van der Waals surface area contributed by atoms with Gasteiger partial charge in [-0.2, -0.15) is 0 Å². The SMILES string of the molecule is Cc1cc(-c2cccc(F)c2)c(O)cc1CCC(=O)CCc1cc(O)c(-c2cccc(F)c2)cc1C. The number of aromatic hydroxyl groups is 2. The van der Waals surface area contributed by atoms with E-state index in [0.29, 0.717) is 47.9 Å². The van der Waals surface area contributed by atoms with E-state index in [9.17, 15) is 23.8 Å². The zero-order valence-electron chi connectivity index (χ0n) is 20.3. The van der Waals surface area contributed by atoms with Crippen LogP contribution in [0.3, 0.4) is 0 Å². The molecular formula is C31H28F2O3. The molecule has 0 bridgehead atoms. The highest BCUT2D eigenvalue weighted by Crippen LogP contribution is 2.34. The van der Waals surface area contributed by atoms with Gasteiger partial charge in [-0.15, -0.1) is 0 Å². The van der Waals surface area contributed by atoms with E-state index in [1.54, 1.807) is 36.4 Å². The third-order valence-electron chi connectivity index (χ3n) is 6.53. The van der Waals surface area contributed by atoms with E-state index < -0.39 is 0 Å². The number of hydrogen-bond donors (Lipinski definition) is 2. The number of ketones is 1. The molecule has 0 aliphatic carbocycles. The summed E-state index contributed by atoms with van der Waals surface area (Å²) in [6.07, 6.45) is 1.63. The number of hydrogen-bond acceptors (Lipinski definition) is 3. The average Bonchev–Trinajstić information content (AvgIpc) is 2.84. The lowest BCUT2D eigenvalue weighted by Crippen LogP contribution is -2.04. The Balaban J connectivity index is 1.39. The summed E-state index contributed by atoms with van der Waals surface area (Å²) < 4.78 is 27.2. The van der Waals surface area contributed by atoms with Crippen LogP contribution in [0.2, 0.25) is 0 Å². The Bertz CT molecular complexity index is 1320. The van der Waals surface area contributed by atoms with Gasteiger partial charge >= 0.3 is 0 Å². The number of aryl methyl sites for hydroxylation is 4. The summed E-state index contributed by atoms with van der Waals surface area (Å²) >= 11 is 0. The zero-order valence-corrected chi connectivity index (χ0v) is 20.3. The van der Waals surface area contributed by atoms with Gasteiger partial charge < -0.3 is 10.2 Å². The molecule has 0 heterocycles. The predicted octanol–water partition coefficient (Wildman–Crippen LogP) is 7.46. The number of phenolic OH excluding ortho intramolecular Hbond substituents is 2. The minimum Gasteiger partial charge on any atom is -0.507 e. The highest BCUT2D eigenvalue weighted by atomic mass is 19.1. The van der Waals surface area contributed by atoms with Gasteiger partial charge in [-0.05, 0) is 109 Å². The Morgan fingerprint density at radius 3 is 1.47 bits per heavy atom. The molecule has 0 aliphatic rings. The Morgan fingerprint density at radius 2 is 1.08 bits per heavy atom. The average molecular weight is 487 g/mol. The topological polar surface area (TPSA) is 57.5 Å². The van der Waals surface area contributed by atoms with Gasteiger partial charge in [-0.25, -0.2) is 8.78 Å². The Hall–Kier alpha value is -3.99. The number of benzene rings is 4. The third-order valence-corrected chi connectivity index (χ3v) is 6.53. The lowest BCUT2D eigenvalue weighted by molar-refractivity contribution is -0.119. The number of rotatable bonds is 8. The summed E-state index contributed by atoms with van der Waals surface area (Å²) in [4.78, 5) is 12.6. The molecule has 0 aliphatic heterocycles. The van der Waals surface area contributed by atoms with Crippen LogP contribution in [0.4, 0.5) is 8.78 Å². The van der Waals surface area contributed by atoms with Crippen molar-refractivity contribution in [2.24, 2.45) is 0 Å². The number of carbonyl (C=O) groups excluding carboxylic acids is 1. The third kappa shape index (κ3) is 5.80. The molecule has 0 saturated carbocycles. The normalized spacial score (nSPS) is 11.0. The van der Waals surface area contributed by atoms with Crippen LogP contribution in [0.5, 0.6) is 11.5 Å². The van der Waals surface area contributed by atoms with Gasteiger partial charge in [0, 0.05) is 24.0 Å². The van der Waals surface area contributed by atoms with Gasteiger partial charge in [0.2, 0.25) is 0 Å². The van der Waals surface area contributed by atoms with Crippen LogP contribution in [-0.4, -0.2) is 16.0 Å². The molecule has 2 N–H and O–H groups in total. The van der Waals surface area contributed by atoms with E-state index >= 15 is 0 Å². The molecule has 36 heavy (non-hydrogen) atoms. The van der Waals surface area contributed by atoms with Gasteiger partial charge in [0.1, 0.15) is 28.9 Å². The molecule has 0 amide bonds. The van der Waals surface area contributed by atoms with E-state index in [1.165, 1.54) is 24.3 Å². The maximum Gasteiger partial charge on any atom is 0.133 e. The minimum absolute atomic E-state index is 0.0538. The standard InChI is InChI=1S/C31H28F2O3/c1-19-13-28(23-5-3-7-25(32)15-23)30(35)17-21(19)9-11-27(34)12-10-22-18-31(36)29(14-20(22)2)24-6-4-8-26(33)16-24/h3-8,13-18,35-36H,9-12H2,1-2H3. The largest absolute Gasteiger partial charge is 0.507 e. The van der Waals surface area contributed by atoms with Crippen molar-refractivity contribution in [1.82, 2.24) is 0 Å². The minimum atomic E-state index is -0.369. The summed E-state index contributed by atoms with van der Waals surface area (Å²) in [7, 11) is 0. The molecule has 0 spiro atoms. The van der Waals surface area contributed by atoms with Gasteiger partial charge in [0.05, 0.1) is 0 Å². The molecule has 0 unspecified atom stereocenters. The van der Waals surface area contributed by atoms with Crippen molar-refractivity contribution < 1.29 is 23.8 Å². The molecule has 3 nitrogen and oxygen atoms in total. The van der Waals surface area contributed by atoms with Crippen molar-refractivity contribution in [1.29, 1.82) is 0 Å². The maximum atomic E-state index is 13.6. The Labute approximate surface area is 209 Å². The molecule has 5 heteroatoms. The Kier molecular flexibility index (Phi) is 7.49. The smallest absolute Gasteiger partial charge is 0.133 e. The van der Waals surface area contributed by atoms with Gasteiger partial charge in [0.15, 0.2) is 0 Å². The second-order valence-electron chi connectivity index (χ2n) is 9.15. The fourth-order valence-electron chi connectivity index (χ4n) is 4.47. The highest BCUT2D eigenvalue weighted by Gasteiger charge is 2.13. The fourth-order valence-corrected chi connectivity index (χ4v) is 4.47. The van der Waals surface area contributed by atoms with E-state index in [-0.39, 0.29) is 28.9 Å². The first kappa shape index (κ1) is 25.1. The van der Waals surface area contributed by atoms with E-state index in [0.717, 1.165) is 22.3 Å². The van der Waals surface area contributed by atoms with Crippen LogP contribution in [0.1, 0.15) is 35.1 Å². The van der Waals surface area contributed by atoms with Crippen molar-refractivity contribution in [2.45, 2.75) is 39.5 Å². The maximum absolute atomic E-state index is 13.6. The lowest BCUT2D eigenvalue weighted by Gasteiger charge is -2.13. The first-order chi connectivity index (χ1) is 17.2. The number of phenols is 2. The van der Waals surface area contributed by atoms with Gasteiger partial charge in [-0.1, -0.05) is 24.3 Å². The molecule has 0 aromatic heterocycles. The summed E-state index contributed by atoms with van der Waals surface area (Å²) in [5, 5.41) is 21.0. The molecule has 4 aromatic carbocycles. The van der Waals surface area contributed by atoms with Gasteiger partial charge in [0.25, 0.3) is 0 Å². The molecule has 184 valence electrons. The summed E-state index contributed by atoms with van der Waals surface area (Å²) in [5.41, 5.74) is 5.89. The van der Waals surface area contributed by atoms with Crippen LogP contribution >= 0.6 is 0 Å². The van der Waals surface area contributed by atoms with Crippen LogP contribution in [0.25, 0.3) is 22.3 Å². The van der Waals surface area contributed by atoms with Crippen molar-refractivity contribution >= 4 is 5.78 Å². The van der Waals surface area contributed by atoms with E-state index in [1.807, 2.05) is 26.0 Å². The van der Waals surface area contributed by atoms with Crippen molar-refractivity contribution in [3.63, 3.8) is 0 Å². The van der Waals surface area contributed by atoms with Crippen LogP contribution < -0.4 is 0 Å². The Morgan fingerprint density at radius 1 is 0.667 bits per heavy atom. The second-order valence-corrected chi connectivity index (χ2v) is 9.15. The highest BCUT2D eigenvalue weighted by molar-refractivity contribution is 5.79. The second kappa shape index (κ2) is 10.7. The molecular weight excluding hydrogens is 458 g/mol. The van der Waals surface area contributed by atoms with Crippen molar-refractivity contribution in [3.8, 4) is 33.8 Å². The molecule has 0 radical (unpaired) electrons.